The molecule has 9 heavy (non-hydrogen) atoms. The molecule has 0 unspecified atom stereocenters. The lowest BCUT2D eigenvalue weighted by atomic mass is 10.1. The summed E-state index contributed by atoms with van der Waals surface area (Å²) in [7, 11) is 0. The van der Waals surface area contributed by atoms with Gasteiger partial charge in [-0.3, -0.25) is 4.79 Å². The Labute approximate surface area is 57.5 Å². The minimum Gasteiger partial charge on any atom is -0.299 e. The fourth-order valence-electron chi connectivity index (χ4n) is 0.620. The van der Waals surface area contributed by atoms with Crippen molar-refractivity contribution in [3.8, 4) is 0 Å². The zero-order valence-corrected chi connectivity index (χ0v) is 5.60. The summed E-state index contributed by atoms with van der Waals surface area (Å²) in [6.07, 6.45) is 4.10. The molecule has 0 N–H and O–H groups in total. The highest BCUT2D eigenvalue weighted by atomic mass is 16.1. The fraction of sp³-hybridized carbons (Fsp3) is 0.625. The molecule has 0 aromatic rings. The molecule has 0 saturated carbocycles. The average Bonchev–Trinajstić information content (AvgIpc) is 1.80. The Hall–Kier alpha value is -0.330. The molecule has 0 aromatic carbocycles. The maximum Gasteiger partial charge on any atom is 0.137 e. The summed E-state index contributed by atoms with van der Waals surface area (Å²) in [5, 5.41) is 0. The zero-order valence-electron chi connectivity index (χ0n) is 5.60. The molecule has 0 fully saturated rings. The van der Waals surface area contributed by atoms with Crippen LogP contribution in [-0.2, 0) is 4.79 Å². The van der Waals surface area contributed by atoms with Gasteiger partial charge in [0.1, 0.15) is 5.78 Å². The first-order chi connectivity index (χ1) is 4.27. The SMILES string of the molecule is [CH]CCCCCC([CH])=O. The smallest absolute Gasteiger partial charge is 0.137 e. The molecule has 50 valence electrons. The third kappa shape index (κ3) is 7.67. The highest BCUT2D eigenvalue weighted by molar-refractivity contribution is 5.82. The van der Waals surface area contributed by atoms with Gasteiger partial charge in [-0.15, -0.1) is 0 Å². The monoisotopic (exact) mass is 124 g/mol. The molecule has 0 heterocycles. The Morgan fingerprint density at radius 3 is 2.33 bits per heavy atom. The quantitative estimate of drug-likeness (QED) is 0.512. The summed E-state index contributed by atoms with van der Waals surface area (Å²) in [5.74, 6) is -0.216. The van der Waals surface area contributed by atoms with Crippen molar-refractivity contribution in [3.63, 3.8) is 0 Å². The van der Waals surface area contributed by atoms with Crippen molar-refractivity contribution < 1.29 is 4.79 Å². The molecule has 0 saturated heterocycles. The third-order valence-electron chi connectivity index (χ3n) is 1.13. The molecule has 4 radical (unpaired) electrons. The van der Waals surface area contributed by atoms with Crippen LogP contribution in [0.4, 0.5) is 0 Å². The van der Waals surface area contributed by atoms with E-state index in [0.29, 0.717) is 12.8 Å². The molecule has 1 heteroatoms. The first-order valence-corrected chi connectivity index (χ1v) is 3.25. The van der Waals surface area contributed by atoms with Gasteiger partial charge in [0.05, 0.1) is 0 Å². The van der Waals surface area contributed by atoms with Crippen LogP contribution in [0.25, 0.3) is 0 Å². The second-order valence-electron chi connectivity index (χ2n) is 2.07. The average molecular weight is 124 g/mol. The van der Waals surface area contributed by atoms with Gasteiger partial charge in [-0.25, -0.2) is 0 Å². The maximum atomic E-state index is 10.2. The van der Waals surface area contributed by atoms with Crippen molar-refractivity contribution in [2.24, 2.45) is 0 Å². The van der Waals surface area contributed by atoms with Gasteiger partial charge >= 0.3 is 0 Å². The van der Waals surface area contributed by atoms with Gasteiger partial charge in [-0.05, 0) is 19.8 Å². The lowest BCUT2D eigenvalue weighted by molar-refractivity contribution is -0.114. The van der Waals surface area contributed by atoms with Gasteiger partial charge in [0.15, 0.2) is 0 Å². The topological polar surface area (TPSA) is 17.1 Å². The minimum atomic E-state index is -0.216. The van der Waals surface area contributed by atoms with Crippen LogP contribution in [0.15, 0.2) is 0 Å². The summed E-state index contributed by atoms with van der Waals surface area (Å²) in [6.45, 7) is 10.1. The predicted octanol–water partition coefficient (Wildman–Crippen LogP) is 1.93. The van der Waals surface area contributed by atoms with Crippen LogP contribution in [-0.4, -0.2) is 5.78 Å². The Kier molecular flexibility index (Phi) is 5.59. The van der Waals surface area contributed by atoms with Gasteiger partial charge in [0.2, 0.25) is 0 Å². The molecular weight excluding hydrogens is 112 g/mol. The second-order valence-corrected chi connectivity index (χ2v) is 2.07. The number of hydrogen-bond donors (Lipinski definition) is 0. The first kappa shape index (κ1) is 8.67. The molecule has 0 aliphatic rings. The zero-order chi connectivity index (χ0) is 7.11. The van der Waals surface area contributed by atoms with Gasteiger partial charge in [0, 0.05) is 13.3 Å². The van der Waals surface area contributed by atoms with Crippen LogP contribution in [0.5, 0.6) is 0 Å². The molecular formula is C8H12O. The Morgan fingerprint density at radius 1 is 1.22 bits per heavy atom. The molecule has 0 amide bonds. The van der Waals surface area contributed by atoms with E-state index in [-0.39, 0.29) is 5.78 Å². The van der Waals surface area contributed by atoms with Crippen LogP contribution in [0, 0.1) is 13.8 Å². The lowest BCUT2D eigenvalue weighted by Gasteiger charge is -1.93. The van der Waals surface area contributed by atoms with E-state index in [2.05, 4.69) is 0 Å². The lowest BCUT2D eigenvalue weighted by Crippen LogP contribution is -1.88. The Balaban J connectivity index is 2.83. The van der Waals surface area contributed by atoms with Crippen LogP contribution in [0.2, 0.25) is 0 Å². The van der Waals surface area contributed by atoms with E-state index >= 15 is 0 Å². The van der Waals surface area contributed by atoms with Crippen molar-refractivity contribution in [3.05, 3.63) is 13.8 Å². The molecule has 0 bridgehead atoms. The fourth-order valence-corrected chi connectivity index (χ4v) is 0.620. The molecule has 0 aliphatic carbocycles. The van der Waals surface area contributed by atoms with Gasteiger partial charge < -0.3 is 0 Å². The number of carbonyl (C=O) groups is 1. The van der Waals surface area contributed by atoms with E-state index < -0.39 is 0 Å². The summed E-state index contributed by atoms with van der Waals surface area (Å²) >= 11 is 0. The highest BCUT2D eigenvalue weighted by Gasteiger charge is 1.91. The third-order valence-corrected chi connectivity index (χ3v) is 1.13. The van der Waals surface area contributed by atoms with Gasteiger partial charge in [-0.2, -0.15) is 0 Å². The minimum absolute atomic E-state index is 0.216. The Morgan fingerprint density at radius 2 is 1.89 bits per heavy atom. The van der Waals surface area contributed by atoms with Crippen molar-refractivity contribution in [1.82, 2.24) is 0 Å². The van der Waals surface area contributed by atoms with Gasteiger partial charge in [-0.1, -0.05) is 12.8 Å². The number of rotatable bonds is 5. The largest absolute Gasteiger partial charge is 0.299 e. The van der Waals surface area contributed by atoms with E-state index in [1.165, 1.54) is 0 Å². The van der Waals surface area contributed by atoms with Crippen LogP contribution < -0.4 is 0 Å². The summed E-state index contributed by atoms with van der Waals surface area (Å²) in [4.78, 5) is 10.2. The van der Waals surface area contributed by atoms with Crippen molar-refractivity contribution >= 4 is 5.78 Å². The molecule has 1 nitrogen and oxygen atoms in total. The highest BCUT2D eigenvalue weighted by Crippen LogP contribution is 2.01. The molecule has 0 spiro atoms. The number of unbranched alkanes of at least 4 members (excludes halogenated alkanes) is 3. The standard InChI is InChI=1S/C8H12O/c1-3-4-5-6-7-8(2)9/h1-2H,3-7H2. The van der Waals surface area contributed by atoms with Crippen molar-refractivity contribution in [2.75, 3.05) is 0 Å². The van der Waals surface area contributed by atoms with Crippen LogP contribution in [0.1, 0.15) is 32.1 Å². The predicted molar refractivity (Wildman–Crippen MR) is 36.7 cm³/mol. The van der Waals surface area contributed by atoms with E-state index in [1.807, 2.05) is 0 Å². The van der Waals surface area contributed by atoms with E-state index in [9.17, 15) is 4.79 Å². The number of carbonyl (C=O) groups excluding carboxylic acids is 1. The maximum absolute atomic E-state index is 10.2. The second kappa shape index (κ2) is 5.80. The van der Waals surface area contributed by atoms with Crippen LogP contribution in [0.3, 0.4) is 0 Å². The van der Waals surface area contributed by atoms with Crippen molar-refractivity contribution in [2.45, 2.75) is 32.1 Å². The molecule has 0 atom stereocenters. The Bertz CT molecular complexity index is 76.6. The van der Waals surface area contributed by atoms with Crippen LogP contribution >= 0.6 is 0 Å². The number of Topliss-reactive ketones (excluding diaryl/α,β-unsaturated/α-hetero) is 1. The molecule has 0 rings (SSSR count). The van der Waals surface area contributed by atoms with Crippen molar-refractivity contribution in [1.29, 1.82) is 0 Å². The summed E-state index contributed by atoms with van der Waals surface area (Å²) in [5.41, 5.74) is 0. The molecule has 0 aliphatic heterocycles. The summed E-state index contributed by atoms with van der Waals surface area (Å²) < 4.78 is 0. The van der Waals surface area contributed by atoms with E-state index in [1.54, 1.807) is 0 Å². The van der Waals surface area contributed by atoms with E-state index in [0.717, 1.165) is 19.3 Å². The number of ketones is 1. The van der Waals surface area contributed by atoms with Gasteiger partial charge in [0.25, 0.3) is 0 Å². The van der Waals surface area contributed by atoms with E-state index in [4.69, 9.17) is 13.8 Å². The molecule has 0 aromatic heterocycles. The summed E-state index contributed by atoms with van der Waals surface area (Å²) in [6, 6.07) is 0. The normalized spacial score (nSPS) is 9.56. The number of hydrogen-bond acceptors (Lipinski definition) is 1. The first-order valence-electron chi connectivity index (χ1n) is 3.25.